The SMILES string of the molecule is CCCc1c(N2C[C@@H](N)C[C@H]2C)c(F)cn2c(=O)c(C(=O)O)nc(C3CC3)c12. The van der Waals surface area contributed by atoms with Gasteiger partial charge in [-0.3, -0.25) is 9.20 Å². The average Bonchev–Trinajstić information content (AvgIpc) is 3.41. The van der Waals surface area contributed by atoms with E-state index >= 15 is 4.39 Å². The highest BCUT2D eigenvalue weighted by atomic mass is 19.1. The summed E-state index contributed by atoms with van der Waals surface area (Å²) in [6, 6.07) is 0.0580. The van der Waals surface area contributed by atoms with Crippen molar-refractivity contribution in [2.45, 2.75) is 64.0 Å². The van der Waals surface area contributed by atoms with E-state index in [0.29, 0.717) is 29.9 Å². The number of rotatable bonds is 5. The molecule has 7 nitrogen and oxygen atoms in total. The smallest absolute Gasteiger partial charge is 0.360 e. The highest BCUT2D eigenvalue weighted by molar-refractivity contribution is 5.86. The van der Waals surface area contributed by atoms with E-state index in [9.17, 15) is 14.7 Å². The van der Waals surface area contributed by atoms with Gasteiger partial charge in [-0.15, -0.1) is 0 Å². The number of hydrogen-bond donors (Lipinski definition) is 2. The number of pyridine rings is 1. The van der Waals surface area contributed by atoms with Gasteiger partial charge in [0.1, 0.15) is 0 Å². The summed E-state index contributed by atoms with van der Waals surface area (Å²) in [7, 11) is 0. The quantitative estimate of drug-likeness (QED) is 0.815. The van der Waals surface area contributed by atoms with Crippen LogP contribution in [0, 0.1) is 5.82 Å². The predicted octanol–water partition coefficient (Wildman–Crippen LogP) is 2.29. The van der Waals surface area contributed by atoms with E-state index in [4.69, 9.17) is 5.73 Å². The second-order valence-electron chi connectivity index (χ2n) is 8.00. The van der Waals surface area contributed by atoms with E-state index < -0.39 is 23.0 Å². The Morgan fingerprint density at radius 2 is 2.14 bits per heavy atom. The number of hydrogen-bond acceptors (Lipinski definition) is 5. The molecule has 0 spiro atoms. The maximum Gasteiger partial charge on any atom is 0.360 e. The minimum absolute atomic E-state index is 0.0299. The number of anilines is 1. The number of aryl methyl sites for hydroxylation is 1. The standard InChI is InChI=1S/C20H25FN4O3/c1-3-4-13-17(24-8-12(22)7-10(24)2)14(21)9-25-18(13)15(11-5-6-11)23-16(19(25)26)20(27)28/h9-12H,3-8,22H2,1-2H3,(H,27,28)/t10-,12+/m1/s1. The minimum atomic E-state index is -1.39. The molecule has 0 radical (unpaired) electrons. The van der Waals surface area contributed by atoms with Crippen LogP contribution < -0.4 is 16.2 Å². The topological polar surface area (TPSA) is 101 Å². The van der Waals surface area contributed by atoms with Crippen molar-refractivity contribution in [1.29, 1.82) is 0 Å². The first kappa shape index (κ1) is 18.9. The first-order chi connectivity index (χ1) is 13.3. The molecule has 1 aliphatic carbocycles. The number of aromatic carboxylic acids is 1. The maximum atomic E-state index is 15.3. The molecule has 3 N–H and O–H groups in total. The third kappa shape index (κ3) is 2.96. The number of aromatic nitrogens is 2. The van der Waals surface area contributed by atoms with Gasteiger partial charge in [0.25, 0.3) is 5.56 Å². The molecule has 1 saturated carbocycles. The number of nitrogens with zero attached hydrogens (tertiary/aromatic N) is 3. The Hall–Kier alpha value is -2.48. The van der Waals surface area contributed by atoms with Crippen LogP contribution in [0.4, 0.5) is 10.1 Å². The maximum absolute atomic E-state index is 15.3. The van der Waals surface area contributed by atoms with Crippen molar-refractivity contribution in [3.8, 4) is 0 Å². The Labute approximate surface area is 162 Å². The Bertz CT molecular complexity index is 1010. The summed E-state index contributed by atoms with van der Waals surface area (Å²) in [6.07, 6.45) is 5.02. The van der Waals surface area contributed by atoms with Crippen LogP contribution in [0.5, 0.6) is 0 Å². The van der Waals surface area contributed by atoms with Crippen molar-refractivity contribution < 1.29 is 14.3 Å². The number of carboxylic acids is 1. The fourth-order valence-electron chi connectivity index (χ4n) is 4.38. The molecule has 2 aliphatic rings. The monoisotopic (exact) mass is 388 g/mol. The summed E-state index contributed by atoms with van der Waals surface area (Å²) in [6.45, 7) is 4.57. The normalized spacial score (nSPS) is 22.2. The second kappa shape index (κ2) is 6.84. The highest BCUT2D eigenvalue weighted by Gasteiger charge is 2.35. The van der Waals surface area contributed by atoms with Crippen molar-refractivity contribution >= 4 is 17.2 Å². The lowest BCUT2D eigenvalue weighted by Crippen LogP contribution is -2.33. The van der Waals surface area contributed by atoms with Crippen LogP contribution in [-0.4, -0.2) is 39.1 Å². The average molecular weight is 388 g/mol. The lowest BCUT2D eigenvalue weighted by atomic mass is 10.0. The van der Waals surface area contributed by atoms with Gasteiger partial charge in [0.05, 0.1) is 23.1 Å². The predicted molar refractivity (Wildman–Crippen MR) is 104 cm³/mol. The van der Waals surface area contributed by atoms with Gasteiger partial charge >= 0.3 is 5.97 Å². The summed E-state index contributed by atoms with van der Waals surface area (Å²) in [5.41, 5.74) is 7.14. The summed E-state index contributed by atoms with van der Waals surface area (Å²) in [4.78, 5) is 30.5. The number of fused-ring (bicyclic) bond motifs is 1. The second-order valence-corrected chi connectivity index (χ2v) is 8.00. The van der Waals surface area contributed by atoms with E-state index in [1.54, 1.807) is 0 Å². The first-order valence-corrected chi connectivity index (χ1v) is 9.86. The molecule has 2 fully saturated rings. The molecule has 28 heavy (non-hydrogen) atoms. The van der Waals surface area contributed by atoms with Gasteiger partial charge in [-0.05, 0) is 32.6 Å². The zero-order chi connectivity index (χ0) is 20.2. The van der Waals surface area contributed by atoms with Gasteiger partial charge in [0.15, 0.2) is 5.82 Å². The number of halogens is 1. The Morgan fingerprint density at radius 1 is 1.43 bits per heavy atom. The zero-order valence-corrected chi connectivity index (χ0v) is 16.1. The molecule has 150 valence electrons. The molecule has 0 bridgehead atoms. The summed E-state index contributed by atoms with van der Waals surface area (Å²) >= 11 is 0. The van der Waals surface area contributed by atoms with E-state index in [-0.39, 0.29) is 18.0 Å². The molecule has 2 aromatic heterocycles. The van der Waals surface area contributed by atoms with Crippen molar-refractivity contribution in [2.75, 3.05) is 11.4 Å². The third-order valence-electron chi connectivity index (χ3n) is 5.74. The van der Waals surface area contributed by atoms with Crippen LogP contribution in [0.25, 0.3) is 5.52 Å². The van der Waals surface area contributed by atoms with Gasteiger partial charge < -0.3 is 15.7 Å². The number of carbonyl (C=O) groups is 1. The van der Waals surface area contributed by atoms with Crippen LogP contribution in [0.2, 0.25) is 0 Å². The third-order valence-corrected chi connectivity index (χ3v) is 5.74. The lowest BCUT2D eigenvalue weighted by Gasteiger charge is -2.28. The minimum Gasteiger partial charge on any atom is -0.476 e. The van der Waals surface area contributed by atoms with Crippen LogP contribution in [0.15, 0.2) is 11.0 Å². The summed E-state index contributed by atoms with van der Waals surface area (Å²) in [5.74, 6) is -1.80. The zero-order valence-electron chi connectivity index (χ0n) is 16.1. The fourth-order valence-corrected chi connectivity index (χ4v) is 4.38. The van der Waals surface area contributed by atoms with E-state index in [1.807, 2.05) is 18.7 Å². The van der Waals surface area contributed by atoms with Gasteiger partial charge in [0, 0.05) is 30.1 Å². The summed E-state index contributed by atoms with van der Waals surface area (Å²) in [5, 5.41) is 9.39. The van der Waals surface area contributed by atoms with Crippen molar-refractivity contribution in [3.05, 3.63) is 39.3 Å². The molecular weight excluding hydrogens is 363 g/mol. The van der Waals surface area contributed by atoms with Gasteiger partial charge in [-0.25, -0.2) is 14.2 Å². The van der Waals surface area contributed by atoms with Gasteiger partial charge in [-0.2, -0.15) is 0 Å². The van der Waals surface area contributed by atoms with Gasteiger partial charge in [0.2, 0.25) is 5.69 Å². The summed E-state index contributed by atoms with van der Waals surface area (Å²) < 4.78 is 16.5. The van der Waals surface area contributed by atoms with Crippen LogP contribution in [0.3, 0.4) is 0 Å². The lowest BCUT2D eigenvalue weighted by molar-refractivity contribution is 0.0687. The number of carboxylic acid groups (broad SMARTS) is 1. The molecule has 0 unspecified atom stereocenters. The van der Waals surface area contributed by atoms with Crippen molar-refractivity contribution in [2.24, 2.45) is 5.73 Å². The fraction of sp³-hybridized carbons (Fsp3) is 0.550. The molecule has 1 saturated heterocycles. The molecule has 1 aliphatic heterocycles. The molecule has 2 aromatic rings. The molecule has 8 heteroatoms. The Balaban J connectivity index is 2.07. The molecular formula is C20H25FN4O3. The Kier molecular flexibility index (Phi) is 4.61. The van der Waals surface area contributed by atoms with E-state index in [2.05, 4.69) is 4.98 Å². The van der Waals surface area contributed by atoms with Gasteiger partial charge in [-0.1, -0.05) is 13.3 Å². The van der Waals surface area contributed by atoms with E-state index in [0.717, 1.165) is 41.8 Å². The van der Waals surface area contributed by atoms with Crippen LogP contribution >= 0.6 is 0 Å². The Morgan fingerprint density at radius 3 is 2.68 bits per heavy atom. The van der Waals surface area contributed by atoms with Crippen molar-refractivity contribution in [3.63, 3.8) is 0 Å². The molecule has 4 rings (SSSR count). The first-order valence-electron chi connectivity index (χ1n) is 9.86. The number of nitrogens with two attached hydrogens (primary N) is 1. The molecule has 3 heterocycles. The molecule has 0 amide bonds. The van der Waals surface area contributed by atoms with Crippen LogP contribution in [0.1, 0.15) is 67.2 Å². The molecule has 0 aromatic carbocycles. The highest BCUT2D eigenvalue weighted by Crippen LogP contribution is 2.43. The van der Waals surface area contributed by atoms with E-state index in [1.165, 1.54) is 0 Å². The largest absolute Gasteiger partial charge is 0.476 e. The van der Waals surface area contributed by atoms with Crippen molar-refractivity contribution in [1.82, 2.24) is 9.38 Å². The van der Waals surface area contributed by atoms with Crippen LogP contribution in [-0.2, 0) is 6.42 Å². The molecule has 2 atom stereocenters.